The Labute approximate surface area is 231 Å². The van der Waals surface area contributed by atoms with Crippen molar-refractivity contribution in [1.29, 1.82) is 0 Å². The highest BCUT2D eigenvalue weighted by molar-refractivity contribution is 5.93. The van der Waals surface area contributed by atoms with Gasteiger partial charge in [0.1, 0.15) is 11.5 Å². The van der Waals surface area contributed by atoms with Crippen molar-refractivity contribution in [2.24, 2.45) is 11.8 Å². The topological polar surface area (TPSA) is 105 Å². The lowest BCUT2D eigenvalue weighted by Gasteiger charge is -2.42. The normalized spacial score (nSPS) is 25.9. The predicted molar refractivity (Wildman–Crippen MR) is 142 cm³/mol. The predicted octanol–water partition coefficient (Wildman–Crippen LogP) is 3.35. The molecule has 11 heteroatoms. The van der Waals surface area contributed by atoms with Gasteiger partial charge in [-0.15, -0.1) is 5.10 Å². The lowest BCUT2D eigenvalue weighted by molar-refractivity contribution is -0.129. The SMILES string of the molecule is C[C@@H]1CCC[C@H]1N1CC[C@@H](NC(=O)c2cn(-c3ccc(F)cc3F)nn2)[C@H](C(=O)NC2(c3ccccn3)CC2)C1. The van der Waals surface area contributed by atoms with Crippen molar-refractivity contribution in [2.45, 2.75) is 63.1 Å². The molecule has 6 rings (SSSR count). The summed E-state index contributed by atoms with van der Waals surface area (Å²) in [5.74, 6) is -2.01. The third-order valence-electron chi connectivity index (χ3n) is 8.73. The zero-order chi connectivity index (χ0) is 27.9. The summed E-state index contributed by atoms with van der Waals surface area (Å²) < 4.78 is 28.7. The van der Waals surface area contributed by atoms with Crippen molar-refractivity contribution in [1.82, 2.24) is 35.5 Å². The number of pyridine rings is 1. The molecule has 40 heavy (non-hydrogen) atoms. The van der Waals surface area contributed by atoms with Gasteiger partial charge in [-0.05, 0) is 62.3 Å². The van der Waals surface area contributed by atoms with E-state index in [4.69, 9.17) is 0 Å². The summed E-state index contributed by atoms with van der Waals surface area (Å²) in [5.41, 5.74) is 0.360. The average Bonchev–Trinajstić information content (AvgIpc) is 3.34. The molecule has 2 saturated carbocycles. The number of nitrogens with zero attached hydrogens (tertiary/aromatic N) is 5. The molecule has 3 fully saturated rings. The second kappa shape index (κ2) is 10.7. The standard InChI is InChI=1S/C29H33F2N7O2/c1-18-5-4-6-24(18)37-14-10-22(20(16-37)27(39)34-29(11-12-29)26-7-2-3-13-32-26)33-28(40)23-17-38(36-35-23)25-9-8-19(30)15-21(25)31/h2-3,7-9,13,15,17-18,20,22,24H,4-6,10-12,14,16H2,1H3,(H,33,40)(H,34,39)/t18-,20-,22-,24-/m1/s1. The lowest BCUT2D eigenvalue weighted by Crippen LogP contribution is -2.58. The van der Waals surface area contributed by atoms with Crippen molar-refractivity contribution >= 4 is 11.8 Å². The average molecular weight is 550 g/mol. The third kappa shape index (κ3) is 5.22. The number of benzene rings is 1. The maximum atomic E-state index is 14.2. The first-order valence-corrected chi connectivity index (χ1v) is 14.0. The molecule has 9 nitrogen and oxygen atoms in total. The maximum absolute atomic E-state index is 14.2. The van der Waals surface area contributed by atoms with E-state index < -0.39 is 35.0 Å². The van der Waals surface area contributed by atoms with Gasteiger partial charge >= 0.3 is 0 Å². The van der Waals surface area contributed by atoms with E-state index in [1.165, 1.54) is 25.1 Å². The third-order valence-corrected chi connectivity index (χ3v) is 8.73. The van der Waals surface area contributed by atoms with E-state index in [9.17, 15) is 18.4 Å². The van der Waals surface area contributed by atoms with Crippen LogP contribution in [-0.2, 0) is 10.3 Å². The fourth-order valence-electron chi connectivity index (χ4n) is 6.32. The van der Waals surface area contributed by atoms with E-state index in [-0.39, 0.29) is 17.3 Å². The van der Waals surface area contributed by atoms with Crippen LogP contribution in [0.2, 0.25) is 0 Å². The van der Waals surface area contributed by atoms with Crippen LogP contribution in [0.5, 0.6) is 0 Å². The number of hydrogen-bond donors (Lipinski definition) is 2. The minimum atomic E-state index is -0.816. The van der Waals surface area contributed by atoms with Crippen molar-refractivity contribution in [3.8, 4) is 5.69 Å². The van der Waals surface area contributed by atoms with E-state index >= 15 is 0 Å². The van der Waals surface area contributed by atoms with Gasteiger partial charge in [0.25, 0.3) is 5.91 Å². The molecule has 2 N–H and O–H groups in total. The van der Waals surface area contributed by atoms with E-state index in [0.717, 1.165) is 48.3 Å². The largest absolute Gasteiger partial charge is 0.347 e. The minimum absolute atomic E-state index is 0.0122. The molecule has 1 aromatic carbocycles. The van der Waals surface area contributed by atoms with Crippen molar-refractivity contribution in [3.63, 3.8) is 0 Å². The highest BCUT2D eigenvalue weighted by Gasteiger charge is 2.49. The van der Waals surface area contributed by atoms with E-state index in [1.54, 1.807) is 6.20 Å². The number of halogens is 2. The van der Waals surface area contributed by atoms with Crippen LogP contribution in [0.3, 0.4) is 0 Å². The number of likely N-dealkylation sites (tertiary alicyclic amines) is 1. The van der Waals surface area contributed by atoms with E-state index in [2.05, 4.69) is 37.8 Å². The van der Waals surface area contributed by atoms with E-state index in [0.29, 0.717) is 24.9 Å². The Balaban J connectivity index is 1.20. The quantitative estimate of drug-likeness (QED) is 0.469. The van der Waals surface area contributed by atoms with Gasteiger partial charge in [-0.25, -0.2) is 13.5 Å². The molecule has 1 saturated heterocycles. The second-order valence-corrected chi connectivity index (χ2v) is 11.4. The molecule has 0 spiro atoms. The second-order valence-electron chi connectivity index (χ2n) is 11.4. The Kier molecular flexibility index (Phi) is 7.07. The minimum Gasteiger partial charge on any atom is -0.347 e. The van der Waals surface area contributed by atoms with Gasteiger partial charge in [0.05, 0.1) is 23.3 Å². The number of carbonyl (C=O) groups is 2. The molecule has 1 aliphatic heterocycles. The monoisotopic (exact) mass is 549 g/mol. The van der Waals surface area contributed by atoms with Crippen molar-refractivity contribution in [3.05, 3.63) is 71.8 Å². The molecule has 2 aromatic heterocycles. The summed E-state index contributed by atoms with van der Waals surface area (Å²) in [4.78, 5) is 34.0. The molecule has 0 radical (unpaired) electrons. The molecular weight excluding hydrogens is 516 g/mol. The first-order valence-electron chi connectivity index (χ1n) is 14.0. The fraction of sp³-hybridized carbons (Fsp3) is 0.483. The Morgan fingerprint density at radius 3 is 2.65 bits per heavy atom. The fourth-order valence-corrected chi connectivity index (χ4v) is 6.32. The van der Waals surface area contributed by atoms with Gasteiger partial charge in [0.2, 0.25) is 5.91 Å². The van der Waals surface area contributed by atoms with Gasteiger partial charge in [0.15, 0.2) is 11.5 Å². The molecule has 0 bridgehead atoms. The van der Waals surface area contributed by atoms with Gasteiger partial charge in [0, 0.05) is 37.4 Å². The Bertz CT molecular complexity index is 1390. The maximum Gasteiger partial charge on any atom is 0.273 e. The zero-order valence-corrected chi connectivity index (χ0v) is 22.4. The molecule has 3 heterocycles. The van der Waals surface area contributed by atoms with E-state index in [1.807, 2.05) is 18.2 Å². The van der Waals surface area contributed by atoms with Crippen LogP contribution in [0.15, 0.2) is 48.8 Å². The Hall–Kier alpha value is -3.73. The first kappa shape index (κ1) is 26.5. The molecular formula is C29H33F2N7O2. The summed E-state index contributed by atoms with van der Waals surface area (Å²) in [6.07, 6.45) is 8.79. The van der Waals surface area contributed by atoms with Gasteiger partial charge in [-0.3, -0.25) is 19.5 Å². The number of rotatable bonds is 7. The van der Waals surface area contributed by atoms with Crippen molar-refractivity contribution < 1.29 is 18.4 Å². The molecule has 4 atom stereocenters. The molecule has 0 unspecified atom stereocenters. The zero-order valence-electron chi connectivity index (χ0n) is 22.4. The first-order chi connectivity index (χ1) is 19.3. The summed E-state index contributed by atoms with van der Waals surface area (Å²) in [5, 5.41) is 14.0. The number of amides is 2. The summed E-state index contributed by atoms with van der Waals surface area (Å²) in [6.45, 7) is 3.61. The number of nitrogens with one attached hydrogen (secondary N) is 2. The Morgan fingerprint density at radius 1 is 1.10 bits per heavy atom. The number of aromatic nitrogens is 4. The molecule has 3 aromatic rings. The van der Waals surface area contributed by atoms with Crippen LogP contribution in [0.1, 0.15) is 61.6 Å². The highest BCUT2D eigenvalue weighted by Crippen LogP contribution is 2.45. The van der Waals surface area contributed by atoms with Gasteiger partial charge < -0.3 is 10.6 Å². The summed E-state index contributed by atoms with van der Waals surface area (Å²) in [6, 6.07) is 8.83. The van der Waals surface area contributed by atoms with Crippen LogP contribution in [0, 0.1) is 23.5 Å². The molecule has 2 aliphatic carbocycles. The Morgan fingerprint density at radius 2 is 1.95 bits per heavy atom. The van der Waals surface area contributed by atoms with Crippen LogP contribution >= 0.6 is 0 Å². The number of piperidine rings is 1. The lowest BCUT2D eigenvalue weighted by atomic mass is 9.88. The van der Waals surface area contributed by atoms with Gasteiger partial charge in [-0.2, -0.15) is 0 Å². The number of hydrogen-bond acceptors (Lipinski definition) is 6. The smallest absolute Gasteiger partial charge is 0.273 e. The summed E-state index contributed by atoms with van der Waals surface area (Å²) >= 11 is 0. The van der Waals surface area contributed by atoms with Crippen molar-refractivity contribution in [2.75, 3.05) is 13.1 Å². The van der Waals surface area contributed by atoms with Crippen LogP contribution in [0.4, 0.5) is 8.78 Å². The molecule has 2 amide bonds. The van der Waals surface area contributed by atoms with Crippen LogP contribution in [0.25, 0.3) is 5.69 Å². The summed E-state index contributed by atoms with van der Waals surface area (Å²) in [7, 11) is 0. The molecule has 210 valence electrons. The number of carbonyl (C=O) groups excluding carboxylic acids is 2. The van der Waals surface area contributed by atoms with Crippen LogP contribution in [-0.4, -0.2) is 61.9 Å². The highest BCUT2D eigenvalue weighted by atomic mass is 19.1. The van der Waals surface area contributed by atoms with Crippen LogP contribution < -0.4 is 10.6 Å². The molecule has 3 aliphatic rings. The van der Waals surface area contributed by atoms with Gasteiger partial charge in [-0.1, -0.05) is 24.6 Å².